The van der Waals surface area contributed by atoms with E-state index < -0.39 is 18.3 Å². The van der Waals surface area contributed by atoms with Gasteiger partial charge in [-0.3, -0.25) is 14.7 Å². The van der Waals surface area contributed by atoms with Gasteiger partial charge in [-0.2, -0.15) is 0 Å². The predicted octanol–water partition coefficient (Wildman–Crippen LogP) is 0.264. The summed E-state index contributed by atoms with van der Waals surface area (Å²) in [5, 5.41) is 31.3. The van der Waals surface area contributed by atoms with E-state index in [1.807, 2.05) is 41.5 Å². The van der Waals surface area contributed by atoms with Gasteiger partial charge in [0.05, 0.1) is 56.4 Å². The van der Waals surface area contributed by atoms with Crippen molar-refractivity contribution >= 4 is 0 Å². The highest BCUT2D eigenvalue weighted by Crippen LogP contribution is 2.06. The molecule has 0 bridgehead atoms. The monoisotopic (exact) mass is 477 g/mol. The number of hydrogen-bond acceptors (Lipinski definition) is 9. The van der Waals surface area contributed by atoms with E-state index in [9.17, 15) is 15.3 Å². The van der Waals surface area contributed by atoms with Crippen LogP contribution in [0.1, 0.15) is 41.5 Å². The van der Waals surface area contributed by atoms with Crippen LogP contribution >= 0.6 is 0 Å². The summed E-state index contributed by atoms with van der Waals surface area (Å²) in [6.45, 7) is 19.1. The van der Waals surface area contributed by atoms with Gasteiger partial charge >= 0.3 is 0 Å². The average molecular weight is 478 g/mol. The molecule has 3 atom stereocenters. The number of aliphatic hydroxyl groups is 3. The Morgan fingerprint density at radius 3 is 0.879 bits per heavy atom. The van der Waals surface area contributed by atoms with Gasteiger partial charge in [-0.25, -0.2) is 0 Å². The highest BCUT2D eigenvalue weighted by atomic mass is 16.5. The maximum atomic E-state index is 10.4. The Morgan fingerprint density at radius 2 is 0.697 bits per heavy atom. The van der Waals surface area contributed by atoms with E-state index in [1.165, 1.54) is 0 Å². The molecule has 0 saturated carbocycles. The molecule has 9 heteroatoms. The summed E-state index contributed by atoms with van der Waals surface area (Å²) in [4.78, 5) is 6.73. The Labute approximate surface area is 201 Å². The Hall–Kier alpha value is -0.360. The van der Waals surface area contributed by atoms with E-state index >= 15 is 0 Å². The minimum Gasteiger partial charge on any atom is -0.389 e. The topological polar surface area (TPSA) is 98.1 Å². The van der Waals surface area contributed by atoms with Crippen molar-refractivity contribution in [1.29, 1.82) is 0 Å². The number of hydrogen-bond donors (Lipinski definition) is 3. The molecule has 198 valence electrons. The summed E-state index contributed by atoms with van der Waals surface area (Å²) < 4.78 is 16.7. The summed E-state index contributed by atoms with van der Waals surface area (Å²) >= 11 is 0. The first kappa shape index (κ1) is 30.7. The predicted molar refractivity (Wildman–Crippen MR) is 131 cm³/mol. The van der Waals surface area contributed by atoms with E-state index in [0.29, 0.717) is 39.5 Å². The van der Waals surface area contributed by atoms with Gasteiger partial charge in [0.2, 0.25) is 0 Å². The van der Waals surface area contributed by atoms with Crippen molar-refractivity contribution < 1.29 is 29.5 Å². The summed E-state index contributed by atoms with van der Waals surface area (Å²) in [6, 6.07) is 0. The molecule has 3 N–H and O–H groups in total. The second kappa shape index (κ2) is 17.1. The van der Waals surface area contributed by atoms with E-state index in [2.05, 4.69) is 14.7 Å². The zero-order chi connectivity index (χ0) is 24.8. The quantitative estimate of drug-likeness (QED) is 0.307. The first-order valence-electron chi connectivity index (χ1n) is 12.6. The van der Waals surface area contributed by atoms with Crippen molar-refractivity contribution in [2.24, 2.45) is 0 Å². The molecule has 33 heavy (non-hydrogen) atoms. The van der Waals surface area contributed by atoms with Crippen LogP contribution in [0.5, 0.6) is 0 Å². The van der Waals surface area contributed by atoms with E-state index in [4.69, 9.17) is 14.2 Å². The van der Waals surface area contributed by atoms with Crippen molar-refractivity contribution in [3.05, 3.63) is 0 Å². The highest BCUT2D eigenvalue weighted by molar-refractivity contribution is 4.76. The third kappa shape index (κ3) is 16.0. The molecule has 0 aromatic rings. The van der Waals surface area contributed by atoms with E-state index in [-0.39, 0.29) is 18.3 Å². The summed E-state index contributed by atoms with van der Waals surface area (Å²) in [6.07, 6.45) is -1.39. The summed E-state index contributed by atoms with van der Waals surface area (Å²) in [5.74, 6) is 0. The average Bonchev–Trinajstić information content (AvgIpc) is 2.81. The molecule has 1 aliphatic heterocycles. The van der Waals surface area contributed by atoms with Crippen LogP contribution in [0.15, 0.2) is 0 Å². The van der Waals surface area contributed by atoms with Gasteiger partial charge in [-0.15, -0.1) is 0 Å². The van der Waals surface area contributed by atoms with E-state index in [0.717, 1.165) is 39.3 Å². The summed E-state index contributed by atoms with van der Waals surface area (Å²) in [7, 11) is 0. The lowest BCUT2D eigenvalue weighted by Gasteiger charge is -2.28. The van der Waals surface area contributed by atoms with Crippen LogP contribution in [0.25, 0.3) is 0 Å². The van der Waals surface area contributed by atoms with Crippen molar-refractivity contribution in [2.75, 3.05) is 78.7 Å². The van der Waals surface area contributed by atoms with Crippen LogP contribution in [0.2, 0.25) is 0 Å². The molecule has 0 amide bonds. The smallest absolute Gasteiger partial charge is 0.0900 e. The van der Waals surface area contributed by atoms with Crippen molar-refractivity contribution in [1.82, 2.24) is 14.7 Å². The number of rotatable bonds is 15. The molecule has 1 fully saturated rings. The minimum absolute atomic E-state index is 0.0882. The molecule has 1 saturated heterocycles. The van der Waals surface area contributed by atoms with Crippen LogP contribution in [0.3, 0.4) is 0 Å². The largest absolute Gasteiger partial charge is 0.389 e. The normalized spacial score (nSPS) is 20.7. The lowest BCUT2D eigenvalue weighted by atomic mass is 10.3. The molecule has 1 heterocycles. The van der Waals surface area contributed by atoms with Crippen molar-refractivity contribution in [3.63, 3.8) is 0 Å². The molecule has 1 aliphatic rings. The number of nitrogens with zero attached hydrogens (tertiary/aromatic N) is 3. The molecule has 1 rings (SSSR count). The Bertz CT molecular complexity index is 405. The Morgan fingerprint density at radius 1 is 0.485 bits per heavy atom. The zero-order valence-corrected chi connectivity index (χ0v) is 21.9. The molecular formula is C24H51N3O6. The third-order valence-electron chi connectivity index (χ3n) is 5.47. The van der Waals surface area contributed by atoms with Crippen LogP contribution in [-0.2, 0) is 14.2 Å². The standard InChI is InChI=1S/C24H51N3O6/c1-19(2)31-16-22(28)13-25-7-9-26(14-23(29)17-32-20(3)4)11-12-27(10-8-25)15-24(30)18-33-21(5)6/h19-24,28-30H,7-18H2,1-6H3/t22-,23-,24-/m0/s1. The van der Waals surface area contributed by atoms with Gasteiger partial charge in [0, 0.05) is 58.9 Å². The molecule has 0 aliphatic carbocycles. The van der Waals surface area contributed by atoms with Crippen molar-refractivity contribution in [3.8, 4) is 0 Å². The van der Waals surface area contributed by atoms with Gasteiger partial charge in [0.25, 0.3) is 0 Å². The second-order valence-electron chi connectivity index (χ2n) is 10.0. The van der Waals surface area contributed by atoms with Crippen LogP contribution in [0, 0.1) is 0 Å². The fourth-order valence-electron chi connectivity index (χ4n) is 3.69. The van der Waals surface area contributed by atoms with Gasteiger partial charge in [-0.1, -0.05) is 0 Å². The third-order valence-corrected chi connectivity index (χ3v) is 5.47. The number of aliphatic hydroxyl groups excluding tert-OH is 3. The highest BCUT2D eigenvalue weighted by Gasteiger charge is 2.22. The molecule has 0 aromatic heterocycles. The Kier molecular flexibility index (Phi) is 15.9. The lowest BCUT2D eigenvalue weighted by Crippen LogP contribution is -2.43. The number of ether oxygens (including phenoxy) is 3. The molecule has 0 aromatic carbocycles. The lowest BCUT2D eigenvalue weighted by molar-refractivity contribution is -0.0142. The van der Waals surface area contributed by atoms with Gasteiger partial charge in [0.15, 0.2) is 0 Å². The second-order valence-corrected chi connectivity index (χ2v) is 10.0. The van der Waals surface area contributed by atoms with Gasteiger partial charge in [0.1, 0.15) is 0 Å². The number of β-amino-alcohol motifs (C(OH)–C–C–N with tert-alkyl or cyclic N) is 3. The SMILES string of the molecule is CC(C)OC[C@@H](O)CN1CCN(C[C@H](O)COC(C)C)CCN(C[C@H](O)COC(C)C)CC1. The first-order chi connectivity index (χ1) is 15.5. The first-order valence-corrected chi connectivity index (χ1v) is 12.6. The van der Waals surface area contributed by atoms with Crippen LogP contribution in [0.4, 0.5) is 0 Å². The maximum absolute atomic E-state index is 10.4. The minimum atomic E-state index is -0.551. The fraction of sp³-hybridized carbons (Fsp3) is 1.00. The molecule has 0 spiro atoms. The summed E-state index contributed by atoms with van der Waals surface area (Å²) in [5.41, 5.74) is 0. The maximum Gasteiger partial charge on any atom is 0.0900 e. The van der Waals surface area contributed by atoms with Gasteiger partial charge in [-0.05, 0) is 41.5 Å². The van der Waals surface area contributed by atoms with Crippen LogP contribution in [-0.4, -0.2) is 145 Å². The molecule has 0 unspecified atom stereocenters. The molecular weight excluding hydrogens is 426 g/mol. The van der Waals surface area contributed by atoms with Gasteiger partial charge < -0.3 is 29.5 Å². The molecule has 9 nitrogen and oxygen atoms in total. The van der Waals surface area contributed by atoms with E-state index in [1.54, 1.807) is 0 Å². The fourth-order valence-corrected chi connectivity index (χ4v) is 3.69. The zero-order valence-electron chi connectivity index (χ0n) is 21.9. The molecule has 0 radical (unpaired) electrons. The Balaban J connectivity index is 2.71. The van der Waals surface area contributed by atoms with Crippen molar-refractivity contribution in [2.45, 2.75) is 78.2 Å². The van der Waals surface area contributed by atoms with Crippen LogP contribution < -0.4 is 0 Å².